The number of carbonyl (C=O) groups excluding carboxylic acids is 1. The number of aryl methyl sites for hydroxylation is 2. The van der Waals surface area contributed by atoms with E-state index in [-0.39, 0.29) is 5.91 Å². The van der Waals surface area contributed by atoms with Crippen LogP contribution < -0.4 is 0 Å². The summed E-state index contributed by atoms with van der Waals surface area (Å²) in [6.45, 7) is 3.76. The fraction of sp³-hybridized carbons (Fsp3) is 0.647. The molecule has 7 heteroatoms. The van der Waals surface area contributed by atoms with Gasteiger partial charge in [-0.2, -0.15) is 5.10 Å². The minimum absolute atomic E-state index is 0.0815. The molecule has 0 bridgehead atoms. The molecule has 1 aliphatic carbocycles. The summed E-state index contributed by atoms with van der Waals surface area (Å²) in [4.78, 5) is 14.9. The largest absolute Gasteiger partial charge is 0.337 e. The summed E-state index contributed by atoms with van der Waals surface area (Å²) in [5, 5.41) is 15.6. The third-order valence-corrected chi connectivity index (χ3v) is 5.49. The van der Waals surface area contributed by atoms with Gasteiger partial charge in [0.2, 0.25) is 0 Å². The van der Waals surface area contributed by atoms with E-state index < -0.39 is 0 Å². The van der Waals surface area contributed by atoms with Crippen LogP contribution in [0.3, 0.4) is 0 Å². The number of piperidine rings is 1. The first-order valence-electron chi connectivity index (χ1n) is 8.82. The van der Waals surface area contributed by atoms with Crippen molar-refractivity contribution >= 4 is 5.91 Å². The smallest absolute Gasteiger partial charge is 0.274 e. The Morgan fingerprint density at radius 1 is 1.29 bits per heavy atom. The van der Waals surface area contributed by atoms with E-state index in [0.717, 1.165) is 55.9 Å². The van der Waals surface area contributed by atoms with Gasteiger partial charge < -0.3 is 9.47 Å². The quantitative estimate of drug-likeness (QED) is 0.909. The topological polar surface area (TPSA) is 79.7 Å². The van der Waals surface area contributed by atoms with Crippen LogP contribution in [-0.4, -0.2) is 48.9 Å². The van der Waals surface area contributed by atoms with E-state index in [1.165, 1.54) is 6.42 Å². The number of rotatable bonds is 2. The van der Waals surface area contributed by atoms with Gasteiger partial charge in [-0.15, -0.1) is 10.2 Å². The van der Waals surface area contributed by atoms with Gasteiger partial charge in [-0.25, -0.2) is 0 Å². The number of H-pyrrole nitrogens is 1. The summed E-state index contributed by atoms with van der Waals surface area (Å²) in [5.41, 5.74) is 2.95. The third-order valence-electron chi connectivity index (χ3n) is 5.49. The van der Waals surface area contributed by atoms with Crippen molar-refractivity contribution in [2.45, 2.75) is 44.9 Å². The maximum Gasteiger partial charge on any atom is 0.274 e. The van der Waals surface area contributed by atoms with Crippen molar-refractivity contribution in [2.75, 3.05) is 13.1 Å². The van der Waals surface area contributed by atoms with Gasteiger partial charge in [0.1, 0.15) is 12.2 Å². The fourth-order valence-corrected chi connectivity index (χ4v) is 4.00. The summed E-state index contributed by atoms with van der Waals surface area (Å²) >= 11 is 0. The maximum atomic E-state index is 12.9. The number of amides is 1. The molecule has 0 saturated carbocycles. The van der Waals surface area contributed by atoms with Crippen LogP contribution in [0.5, 0.6) is 0 Å². The Bertz CT molecular complexity index is 740. The van der Waals surface area contributed by atoms with E-state index in [9.17, 15) is 4.79 Å². The minimum atomic E-state index is 0.0815. The zero-order valence-corrected chi connectivity index (χ0v) is 14.3. The lowest BCUT2D eigenvalue weighted by Gasteiger charge is -2.31. The second kappa shape index (κ2) is 6.03. The highest BCUT2D eigenvalue weighted by Gasteiger charge is 2.31. The normalized spacial score (nSPS) is 21.8. The molecule has 1 aliphatic heterocycles. The highest BCUT2D eigenvalue weighted by Crippen LogP contribution is 2.30. The van der Waals surface area contributed by atoms with E-state index in [1.807, 2.05) is 16.5 Å². The van der Waals surface area contributed by atoms with E-state index in [4.69, 9.17) is 0 Å². The second-order valence-electron chi connectivity index (χ2n) is 7.24. The van der Waals surface area contributed by atoms with Crippen LogP contribution in [0.15, 0.2) is 6.33 Å². The average Bonchev–Trinajstić information content (AvgIpc) is 3.20. The number of likely N-dealkylation sites (tertiary alicyclic amines) is 1. The molecule has 4 rings (SSSR count). The Morgan fingerprint density at radius 3 is 2.79 bits per heavy atom. The van der Waals surface area contributed by atoms with E-state index >= 15 is 0 Å². The SMILES string of the molecule is C[C@H]1CCc2[nH]nc(C(=O)N3CCC(c4nncn4C)CC3)c2C1. The molecule has 2 aromatic rings. The van der Waals surface area contributed by atoms with Crippen LogP contribution >= 0.6 is 0 Å². The van der Waals surface area contributed by atoms with Crippen molar-refractivity contribution in [3.05, 3.63) is 29.1 Å². The lowest BCUT2D eigenvalue weighted by molar-refractivity contribution is 0.0703. The minimum Gasteiger partial charge on any atom is -0.337 e. The van der Waals surface area contributed by atoms with E-state index in [1.54, 1.807) is 6.33 Å². The third kappa shape index (κ3) is 2.61. The van der Waals surface area contributed by atoms with Gasteiger partial charge in [-0.3, -0.25) is 9.89 Å². The Balaban J connectivity index is 1.46. The van der Waals surface area contributed by atoms with Crippen molar-refractivity contribution in [3.63, 3.8) is 0 Å². The number of aromatic nitrogens is 5. The fourth-order valence-electron chi connectivity index (χ4n) is 4.00. The molecule has 0 unspecified atom stereocenters. The van der Waals surface area contributed by atoms with Crippen molar-refractivity contribution in [1.82, 2.24) is 29.9 Å². The lowest BCUT2D eigenvalue weighted by Crippen LogP contribution is -2.39. The molecule has 3 heterocycles. The molecule has 1 amide bonds. The molecular formula is C17H24N6O. The number of nitrogens with zero attached hydrogens (tertiary/aromatic N) is 5. The Kier molecular flexibility index (Phi) is 3.86. The highest BCUT2D eigenvalue weighted by atomic mass is 16.2. The molecular weight excluding hydrogens is 304 g/mol. The maximum absolute atomic E-state index is 12.9. The number of nitrogens with one attached hydrogen (secondary N) is 1. The average molecular weight is 328 g/mol. The number of hydrogen-bond acceptors (Lipinski definition) is 4. The summed E-state index contributed by atoms with van der Waals surface area (Å²) in [6.07, 6.45) is 6.74. The molecule has 1 saturated heterocycles. The standard InChI is InChI=1S/C17H24N6O/c1-11-3-4-14-13(9-11)15(20-19-14)17(24)23-7-5-12(6-8-23)16-21-18-10-22(16)2/h10-12H,3-9H2,1-2H3,(H,19,20)/t11-/m0/s1. The molecule has 0 aromatic carbocycles. The molecule has 2 aliphatic rings. The number of aromatic amines is 1. The van der Waals surface area contributed by atoms with Crippen LogP contribution in [0, 0.1) is 5.92 Å². The number of fused-ring (bicyclic) bond motifs is 1. The molecule has 0 spiro atoms. The zero-order chi connectivity index (χ0) is 16.7. The van der Waals surface area contributed by atoms with Gasteiger partial charge in [0, 0.05) is 37.3 Å². The van der Waals surface area contributed by atoms with Crippen LogP contribution in [0.2, 0.25) is 0 Å². The van der Waals surface area contributed by atoms with Crippen LogP contribution in [0.1, 0.15) is 59.7 Å². The van der Waals surface area contributed by atoms with Crippen LogP contribution in [0.4, 0.5) is 0 Å². The van der Waals surface area contributed by atoms with Gasteiger partial charge in [-0.1, -0.05) is 6.92 Å². The monoisotopic (exact) mass is 328 g/mol. The Morgan fingerprint density at radius 2 is 2.08 bits per heavy atom. The molecule has 7 nitrogen and oxygen atoms in total. The van der Waals surface area contributed by atoms with E-state index in [0.29, 0.717) is 17.5 Å². The van der Waals surface area contributed by atoms with Crippen LogP contribution in [0.25, 0.3) is 0 Å². The molecule has 1 atom stereocenters. The molecule has 128 valence electrons. The van der Waals surface area contributed by atoms with Gasteiger partial charge >= 0.3 is 0 Å². The summed E-state index contributed by atoms with van der Waals surface area (Å²) in [6, 6.07) is 0. The predicted octanol–water partition coefficient (Wildman–Crippen LogP) is 1.68. The number of hydrogen-bond donors (Lipinski definition) is 1. The first-order valence-corrected chi connectivity index (χ1v) is 8.82. The van der Waals surface area contributed by atoms with Crippen molar-refractivity contribution in [2.24, 2.45) is 13.0 Å². The van der Waals surface area contributed by atoms with Crippen LogP contribution in [-0.2, 0) is 19.9 Å². The zero-order valence-electron chi connectivity index (χ0n) is 14.3. The molecule has 0 radical (unpaired) electrons. The van der Waals surface area contributed by atoms with Gasteiger partial charge in [0.15, 0.2) is 5.69 Å². The van der Waals surface area contributed by atoms with Gasteiger partial charge in [0.05, 0.1) is 0 Å². The first-order chi connectivity index (χ1) is 11.6. The molecule has 24 heavy (non-hydrogen) atoms. The van der Waals surface area contributed by atoms with Crippen molar-refractivity contribution in [1.29, 1.82) is 0 Å². The van der Waals surface area contributed by atoms with Gasteiger partial charge in [-0.05, 0) is 38.0 Å². The Labute approximate surface area is 141 Å². The molecule has 1 N–H and O–H groups in total. The lowest BCUT2D eigenvalue weighted by atomic mass is 9.87. The van der Waals surface area contributed by atoms with Crippen molar-refractivity contribution in [3.8, 4) is 0 Å². The van der Waals surface area contributed by atoms with E-state index in [2.05, 4.69) is 27.3 Å². The second-order valence-corrected chi connectivity index (χ2v) is 7.24. The number of carbonyl (C=O) groups is 1. The summed E-state index contributed by atoms with van der Waals surface area (Å²) in [7, 11) is 1.98. The van der Waals surface area contributed by atoms with Crippen molar-refractivity contribution < 1.29 is 4.79 Å². The Hall–Kier alpha value is -2.18. The van der Waals surface area contributed by atoms with Gasteiger partial charge in [0.25, 0.3) is 5.91 Å². The summed E-state index contributed by atoms with van der Waals surface area (Å²) in [5.74, 6) is 2.11. The first kappa shape index (κ1) is 15.4. The highest BCUT2D eigenvalue weighted by molar-refractivity contribution is 5.94. The summed E-state index contributed by atoms with van der Waals surface area (Å²) < 4.78 is 1.98. The molecule has 1 fully saturated rings. The predicted molar refractivity (Wildman–Crippen MR) is 88.7 cm³/mol. The molecule has 2 aromatic heterocycles.